The molecule has 4 aromatic rings. The first-order chi connectivity index (χ1) is 16.1. The number of aliphatic hydroxyl groups excluding tert-OH is 1. The molecule has 0 spiro atoms. The van der Waals surface area contributed by atoms with Crippen molar-refractivity contribution < 1.29 is 9.84 Å². The number of pyridine rings is 1. The fourth-order valence-electron chi connectivity index (χ4n) is 4.67. The third-order valence-electron chi connectivity index (χ3n) is 6.44. The summed E-state index contributed by atoms with van der Waals surface area (Å²) in [6.07, 6.45) is 0.991. The summed E-state index contributed by atoms with van der Waals surface area (Å²) in [6, 6.07) is 15.7. The van der Waals surface area contributed by atoms with Gasteiger partial charge in [-0.15, -0.1) is 0 Å². The minimum Gasteiger partial charge on any atom is -0.481 e. The topological polar surface area (TPSA) is 98.7 Å². The standard InChI is InChI=1S/C25H24N6O2/c1-31-23(25-28-19-9-17-11-26-12-18(17)10-20(19)29-25)24(32)22(30-31)15-5-3-14(4-6-15)16-7-8-21(33-2)27-13-16/h3-10,13,23-24,26,32H,11-12H2,1-2H3,(H,28,29). The van der Waals surface area contributed by atoms with E-state index in [0.717, 1.165) is 46.6 Å². The lowest BCUT2D eigenvalue weighted by atomic mass is 9.98. The lowest BCUT2D eigenvalue weighted by Gasteiger charge is -2.19. The molecule has 2 aromatic heterocycles. The number of H-pyrrole nitrogens is 1. The van der Waals surface area contributed by atoms with Crippen molar-refractivity contribution in [2.24, 2.45) is 5.10 Å². The maximum atomic E-state index is 11.2. The SMILES string of the molecule is COc1ccc(-c2ccc(C3=NN(C)C(c4nc5cc6c(cc5[nH]4)CNC6)C3O)cc2)cn1. The molecule has 2 aromatic carbocycles. The van der Waals surface area contributed by atoms with Gasteiger partial charge in [0.05, 0.1) is 23.9 Å². The quantitative estimate of drug-likeness (QED) is 0.451. The number of benzene rings is 2. The highest BCUT2D eigenvalue weighted by atomic mass is 16.5. The second-order valence-electron chi connectivity index (χ2n) is 8.48. The van der Waals surface area contributed by atoms with Gasteiger partial charge in [0.15, 0.2) is 0 Å². The van der Waals surface area contributed by atoms with Crippen molar-refractivity contribution in [1.82, 2.24) is 25.3 Å². The monoisotopic (exact) mass is 440 g/mol. The normalized spacial score (nSPS) is 19.7. The third-order valence-corrected chi connectivity index (χ3v) is 6.44. The van der Waals surface area contributed by atoms with E-state index in [1.807, 2.05) is 43.4 Å². The number of nitrogens with zero attached hydrogens (tertiary/aromatic N) is 4. The Bertz CT molecular complexity index is 1320. The van der Waals surface area contributed by atoms with E-state index in [-0.39, 0.29) is 6.04 Å². The van der Waals surface area contributed by atoms with E-state index in [1.165, 1.54) is 11.1 Å². The van der Waals surface area contributed by atoms with Gasteiger partial charge in [0.1, 0.15) is 18.0 Å². The van der Waals surface area contributed by atoms with Crippen molar-refractivity contribution >= 4 is 16.7 Å². The average Bonchev–Trinajstić information content (AvgIpc) is 3.54. The molecule has 8 heteroatoms. The zero-order valence-corrected chi connectivity index (χ0v) is 18.4. The molecule has 0 bridgehead atoms. The van der Waals surface area contributed by atoms with Gasteiger partial charge in [-0.05, 0) is 34.9 Å². The average molecular weight is 441 g/mol. The van der Waals surface area contributed by atoms with Crippen LogP contribution in [0.2, 0.25) is 0 Å². The van der Waals surface area contributed by atoms with Crippen molar-refractivity contribution in [2.75, 3.05) is 14.2 Å². The Morgan fingerprint density at radius 3 is 2.45 bits per heavy atom. The van der Waals surface area contributed by atoms with E-state index in [2.05, 4.69) is 32.5 Å². The predicted molar refractivity (Wildman–Crippen MR) is 126 cm³/mol. The number of aromatic amines is 1. The van der Waals surface area contributed by atoms with Crippen LogP contribution in [0.1, 0.15) is 28.6 Å². The van der Waals surface area contributed by atoms with Crippen LogP contribution in [-0.2, 0) is 13.1 Å². The number of aromatic nitrogens is 3. The van der Waals surface area contributed by atoms with Gasteiger partial charge in [0.25, 0.3) is 0 Å². The van der Waals surface area contributed by atoms with E-state index in [4.69, 9.17) is 9.72 Å². The summed E-state index contributed by atoms with van der Waals surface area (Å²) in [4.78, 5) is 12.5. The van der Waals surface area contributed by atoms with Gasteiger partial charge in [-0.1, -0.05) is 24.3 Å². The summed E-state index contributed by atoms with van der Waals surface area (Å²) in [5.41, 5.74) is 8.02. The smallest absolute Gasteiger partial charge is 0.212 e. The highest BCUT2D eigenvalue weighted by Gasteiger charge is 2.38. The summed E-state index contributed by atoms with van der Waals surface area (Å²) in [5, 5.41) is 21.0. The zero-order chi connectivity index (χ0) is 22.5. The van der Waals surface area contributed by atoms with Gasteiger partial charge in [0.2, 0.25) is 5.88 Å². The third kappa shape index (κ3) is 3.35. The molecule has 4 heterocycles. The summed E-state index contributed by atoms with van der Waals surface area (Å²) < 4.78 is 5.13. The number of rotatable bonds is 4. The molecule has 6 rings (SSSR count). The predicted octanol–water partition coefficient (Wildman–Crippen LogP) is 2.99. The summed E-state index contributed by atoms with van der Waals surface area (Å²) in [7, 11) is 3.47. The number of nitrogens with one attached hydrogen (secondary N) is 2. The van der Waals surface area contributed by atoms with Crippen molar-refractivity contribution in [3.05, 3.63) is 77.2 Å². The number of aliphatic hydroxyl groups is 1. The molecule has 0 aliphatic carbocycles. The maximum absolute atomic E-state index is 11.2. The molecular formula is C25H24N6O2. The molecular weight excluding hydrogens is 416 g/mol. The molecule has 0 radical (unpaired) electrons. The molecule has 2 unspecified atom stereocenters. The summed E-state index contributed by atoms with van der Waals surface area (Å²) >= 11 is 0. The van der Waals surface area contributed by atoms with Crippen LogP contribution in [0.15, 0.2) is 59.8 Å². The summed E-state index contributed by atoms with van der Waals surface area (Å²) in [6.45, 7) is 1.75. The zero-order valence-electron chi connectivity index (χ0n) is 18.4. The molecule has 166 valence electrons. The highest BCUT2D eigenvalue weighted by molar-refractivity contribution is 6.05. The van der Waals surface area contributed by atoms with Crippen LogP contribution in [0.5, 0.6) is 5.88 Å². The van der Waals surface area contributed by atoms with Crippen LogP contribution in [0.25, 0.3) is 22.2 Å². The molecule has 2 atom stereocenters. The van der Waals surface area contributed by atoms with Crippen LogP contribution in [0, 0.1) is 0 Å². The Balaban J connectivity index is 1.26. The Kier molecular flexibility index (Phi) is 4.63. The van der Waals surface area contributed by atoms with Gasteiger partial charge in [-0.3, -0.25) is 5.01 Å². The first-order valence-electron chi connectivity index (χ1n) is 10.9. The van der Waals surface area contributed by atoms with Gasteiger partial charge < -0.3 is 20.1 Å². The minimum absolute atomic E-state index is 0.370. The second kappa shape index (κ2) is 7.68. The first-order valence-corrected chi connectivity index (χ1v) is 10.9. The molecule has 0 fully saturated rings. The molecule has 2 aliphatic heterocycles. The molecule has 0 amide bonds. The van der Waals surface area contributed by atoms with Crippen molar-refractivity contribution in [3.8, 4) is 17.0 Å². The number of hydrazone groups is 1. The highest BCUT2D eigenvalue weighted by Crippen LogP contribution is 2.33. The largest absolute Gasteiger partial charge is 0.481 e. The van der Waals surface area contributed by atoms with E-state index >= 15 is 0 Å². The van der Waals surface area contributed by atoms with E-state index in [9.17, 15) is 5.11 Å². The molecule has 3 N–H and O–H groups in total. The van der Waals surface area contributed by atoms with Gasteiger partial charge in [-0.25, -0.2) is 9.97 Å². The number of hydrogen-bond acceptors (Lipinski definition) is 7. The molecule has 33 heavy (non-hydrogen) atoms. The van der Waals surface area contributed by atoms with E-state index in [0.29, 0.717) is 11.6 Å². The van der Waals surface area contributed by atoms with E-state index < -0.39 is 6.10 Å². The molecule has 0 saturated carbocycles. The van der Waals surface area contributed by atoms with Gasteiger partial charge >= 0.3 is 0 Å². The van der Waals surface area contributed by atoms with Gasteiger partial charge in [-0.2, -0.15) is 5.10 Å². The van der Waals surface area contributed by atoms with Crippen molar-refractivity contribution in [1.29, 1.82) is 0 Å². The van der Waals surface area contributed by atoms with Crippen LogP contribution >= 0.6 is 0 Å². The molecule has 0 saturated heterocycles. The molecule has 2 aliphatic rings. The maximum Gasteiger partial charge on any atom is 0.212 e. The van der Waals surface area contributed by atoms with Gasteiger partial charge in [0, 0.05) is 43.5 Å². The fraction of sp³-hybridized carbons (Fsp3) is 0.240. The minimum atomic E-state index is -0.794. The van der Waals surface area contributed by atoms with Crippen LogP contribution in [0.4, 0.5) is 0 Å². The first kappa shape index (κ1) is 19.9. The van der Waals surface area contributed by atoms with E-state index in [1.54, 1.807) is 18.3 Å². The Hall–Kier alpha value is -3.75. The Morgan fingerprint density at radius 2 is 1.73 bits per heavy atom. The fourth-order valence-corrected chi connectivity index (χ4v) is 4.67. The Labute approximate surface area is 191 Å². The lowest BCUT2D eigenvalue weighted by molar-refractivity contribution is 0.134. The van der Waals surface area contributed by atoms with Crippen LogP contribution in [-0.4, -0.2) is 51.0 Å². The summed E-state index contributed by atoms with van der Waals surface area (Å²) in [5.74, 6) is 1.30. The van der Waals surface area contributed by atoms with Crippen LogP contribution in [0.3, 0.4) is 0 Å². The lowest BCUT2D eigenvalue weighted by Crippen LogP contribution is -2.29. The second-order valence-corrected chi connectivity index (χ2v) is 8.48. The number of likely N-dealkylation sites (N-methyl/N-ethyl adjacent to an activating group) is 1. The van der Waals surface area contributed by atoms with Crippen LogP contribution < -0.4 is 10.1 Å². The Morgan fingerprint density at radius 1 is 1.00 bits per heavy atom. The number of hydrogen-bond donors (Lipinski definition) is 3. The number of fused-ring (bicyclic) bond motifs is 2. The number of imidazole rings is 1. The van der Waals surface area contributed by atoms with Crippen molar-refractivity contribution in [2.45, 2.75) is 25.2 Å². The number of methoxy groups -OCH3 is 1. The molecule has 8 nitrogen and oxygen atoms in total. The number of ether oxygens (including phenoxy) is 1. The van der Waals surface area contributed by atoms with Crippen molar-refractivity contribution in [3.63, 3.8) is 0 Å².